The fourth-order valence-electron chi connectivity index (χ4n) is 1.40. The quantitative estimate of drug-likeness (QED) is 0.946. The summed E-state index contributed by atoms with van der Waals surface area (Å²) in [6.07, 6.45) is 0.499. The van der Waals surface area contributed by atoms with Crippen LogP contribution in [0, 0.1) is 5.82 Å². The molecule has 0 bridgehead atoms. The van der Waals surface area contributed by atoms with Gasteiger partial charge < -0.3 is 10.3 Å². The van der Waals surface area contributed by atoms with Crippen molar-refractivity contribution in [2.75, 3.05) is 0 Å². The molecule has 1 atom stereocenters. The lowest BCUT2D eigenvalue weighted by atomic mass is 10.2. The van der Waals surface area contributed by atoms with Crippen LogP contribution in [0.3, 0.4) is 0 Å². The Hall–Kier alpha value is -1.27. The molecule has 0 aliphatic heterocycles. The van der Waals surface area contributed by atoms with Gasteiger partial charge in [0.1, 0.15) is 5.82 Å². The van der Waals surface area contributed by atoms with Crippen molar-refractivity contribution in [1.29, 1.82) is 0 Å². The number of hydrogen-bond acceptors (Lipinski definition) is 4. The minimum Gasteiger partial charge on any atom is -0.334 e. The van der Waals surface area contributed by atoms with E-state index in [1.165, 1.54) is 0 Å². The van der Waals surface area contributed by atoms with Gasteiger partial charge in [-0.25, -0.2) is 4.39 Å². The first-order valence-electron chi connectivity index (χ1n) is 5.10. The Morgan fingerprint density at radius 1 is 1.53 bits per heavy atom. The summed E-state index contributed by atoms with van der Waals surface area (Å²) in [4.78, 5) is 4.10. The molecule has 0 fully saturated rings. The predicted octanol–water partition coefficient (Wildman–Crippen LogP) is 2.53. The van der Waals surface area contributed by atoms with Gasteiger partial charge in [-0.15, -0.1) is 0 Å². The Morgan fingerprint density at radius 3 is 3.00 bits per heavy atom. The van der Waals surface area contributed by atoms with Gasteiger partial charge in [0.05, 0.1) is 10.0 Å². The van der Waals surface area contributed by atoms with Gasteiger partial charge in [0.15, 0.2) is 5.82 Å². The van der Waals surface area contributed by atoms with E-state index in [2.05, 4.69) is 26.1 Å². The number of hydrogen-bond donors (Lipinski definition) is 1. The van der Waals surface area contributed by atoms with E-state index >= 15 is 0 Å². The summed E-state index contributed by atoms with van der Waals surface area (Å²) in [7, 11) is 0. The second-order valence-electron chi connectivity index (χ2n) is 3.80. The van der Waals surface area contributed by atoms with Crippen LogP contribution in [0.1, 0.15) is 12.7 Å². The third-order valence-corrected chi connectivity index (χ3v) is 2.77. The van der Waals surface area contributed by atoms with Crippen molar-refractivity contribution in [3.8, 4) is 11.5 Å². The van der Waals surface area contributed by atoms with Crippen LogP contribution in [0.2, 0.25) is 0 Å². The van der Waals surface area contributed by atoms with Gasteiger partial charge in [0.2, 0.25) is 0 Å². The van der Waals surface area contributed by atoms with Gasteiger partial charge in [0, 0.05) is 12.5 Å². The lowest BCUT2D eigenvalue weighted by Crippen LogP contribution is -2.18. The maximum atomic E-state index is 13.8. The van der Waals surface area contributed by atoms with Crippen molar-refractivity contribution in [1.82, 2.24) is 10.1 Å². The SMILES string of the molecule is CC(N)Cc1noc(-c2cccc(Br)c2F)n1. The van der Waals surface area contributed by atoms with Gasteiger partial charge >= 0.3 is 0 Å². The minimum atomic E-state index is -0.413. The minimum absolute atomic E-state index is 0.0622. The lowest BCUT2D eigenvalue weighted by molar-refractivity contribution is 0.418. The molecule has 1 aromatic carbocycles. The van der Waals surface area contributed by atoms with Gasteiger partial charge in [-0.3, -0.25) is 0 Å². The van der Waals surface area contributed by atoms with Crippen molar-refractivity contribution in [3.63, 3.8) is 0 Å². The number of aromatic nitrogens is 2. The fraction of sp³-hybridized carbons (Fsp3) is 0.273. The molecule has 17 heavy (non-hydrogen) atoms. The molecule has 0 radical (unpaired) electrons. The van der Waals surface area contributed by atoms with Crippen molar-refractivity contribution in [2.45, 2.75) is 19.4 Å². The molecule has 2 aromatic rings. The second-order valence-corrected chi connectivity index (χ2v) is 4.65. The first-order valence-corrected chi connectivity index (χ1v) is 5.89. The molecular formula is C11H11BrFN3O. The van der Waals surface area contributed by atoms with E-state index in [1.807, 2.05) is 6.92 Å². The van der Waals surface area contributed by atoms with Crippen LogP contribution in [0.5, 0.6) is 0 Å². The molecule has 6 heteroatoms. The molecule has 1 heterocycles. The Kier molecular flexibility index (Phi) is 3.54. The number of nitrogens with two attached hydrogens (primary N) is 1. The fourth-order valence-corrected chi connectivity index (χ4v) is 1.77. The van der Waals surface area contributed by atoms with Crippen LogP contribution in [0.25, 0.3) is 11.5 Å². The summed E-state index contributed by atoms with van der Waals surface area (Å²) in [5, 5.41) is 3.76. The number of halogens is 2. The lowest BCUT2D eigenvalue weighted by Gasteiger charge is -1.99. The van der Waals surface area contributed by atoms with Crippen molar-refractivity contribution < 1.29 is 8.91 Å². The average molecular weight is 300 g/mol. The summed E-state index contributed by atoms with van der Waals surface area (Å²) >= 11 is 3.11. The van der Waals surface area contributed by atoms with Crippen LogP contribution in [0.4, 0.5) is 4.39 Å². The van der Waals surface area contributed by atoms with Crippen LogP contribution >= 0.6 is 15.9 Å². The van der Waals surface area contributed by atoms with Gasteiger partial charge in [-0.05, 0) is 35.0 Å². The Balaban J connectivity index is 2.34. The molecule has 0 aliphatic carbocycles. The summed E-state index contributed by atoms with van der Waals surface area (Å²) in [6, 6.07) is 4.84. The summed E-state index contributed by atoms with van der Waals surface area (Å²) in [6.45, 7) is 1.84. The Bertz CT molecular complexity index is 527. The largest absolute Gasteiger partial charge is 0.334 e. The van der Waals surface area contributed by atoms with Crippen molar-refractivity contribution >= 4 is 15.9 Å². The van der Waals surface area contributed by atoms with Crippen LogP contribution in [-0.4, -0.2) is 16.2 Å². The molecule has 2 rings (SSSR count). The zero-order chi connectivity index (χ0) is 12.4. The monoisotopic (exact) mass is 299 g/mol. The van der Waals surface area contributed by atoms with Crippen molar-refractivity contribution in [2.24, 2.45) is 5.73 Å². The molecule has 0 spiro atoms. The molecule has 0 saturated heterocycles. The summed E-state index contributed by atoms with van der Waals surface area (Å²) in [5.41, 5.74) is 5.90. The van der Waals surface area contributed by atoms with E-state index in [0.717, 1.165) is 0 Å². The first-order chi connectivity index (χ1) is 8.08. The molecule has 0 amide bonds. The highest BCUT2D eigenvalue weighted by Gasteiger charge is 2.15. The molecule has 4 nitrogen and oxygen atoms in total. The molecule has 90 valence electrons. The highest BCUT2D eigenvalue weighted by atomic mass is 79.9. The van der Waals surface area contributed by atoms with E-state index in [1.54, 1.807) is 18.2 Å². The molecule has 1 aromatic heterocycles. The molecular weight excluding hydrogens is 289 g/mol. The normalized spacial score (nSPS) is 12.7. The van der Waals surface area contributed by atoms with E-state index in [-0.39, 0.29) is 17.5 Å². The van der Waals surface area contributed by atoms with E-state index in [4.69, 9.17) is 10.3 Å². The van der Waals surface area contributed by atoms with Crippen LogP contribution in [-0.2, 0) is 6.42 Å². The molecule has 0 saturated carbocycles. The Morgan fingerprint density at radius 2 is 2.29 bits per heavy atom. The maximum absolute atomic E-state index is 13.8. The number of rotatable bonds is 3. The summed E-state index contributed by atoms with van der Waals surface area (Å²) < 4.78 is 19.1. The predicted molar refractivity (Wildman–Crippen MR) is 64.7 cm³/mol. The smallest absolute Gasteiger partial charge is 0.260 e. The summed E-state index contributed by atoms with van der Waals surface area (Å²) in [5.74, 6) is 0.234. The second kappa shape index (κ2) is 4.93. The molecule has 1 unspecified atom stereocenters. The highest BCUT2D eigenvalue weighted by Crippen LogP contribution is 2.26. The first kappa shape index (κ1) is 12.2. The molecule has 2 N–H and O–H groups in total. The van der Waals surface area contributed by atoms with Crippen LogP contribution < -0.4 is 5.73 Å². The number of nitrogens with zero attached hydrogens (tertiary/aromatic N) is 2. The van der Waals surface area contributed by atoms with Gasteiger partial charge in [-0.1, -0.05) is 11.2 Å². The third kappa shape index (κ3) is 2.70. The van der Waals surface area contributed by atoms with Crippen LogP contribution in [0.15, 0.2) is 27.2 Å². The van der Waals surface area contributed by atoms with E-state index in [0.29, 0.717) is 16.7 Å². The Labute approximate surface area is 106 Å². The van der Waals surface area contributed by atoms with E-state index in [9.17, 15) is 4.39 Å². The molecule has 0 aliphatic rings. The van der Waals surface area contributed by atoms with Crippen molar-refractivity contribution in [3.05, 3.63) is 34.3 Å². The maximum Gasteiger partial charge on any atom is 0.260 e. The zero-order valence-electron chi connectivity index (χ0n) is 9.15. The number of benzene rings is 1. The topological polar surface area (TPSA) is 64.9 Å². The van der Waals surface area contributed by atoms with E-state index < -0.39 is 5.82 Å². The standard InChI is InChI=1S/C11H11BrFN3O/c1-6(14)5-9-15-11(17-16-9)7-3-2-4-8(12)10(7)13/h2-4,6H,5,14H2,1H3. The van der Waals surface area contributed by atoms with Gasteiger partial charge in [0.25, 0.3) is 5.89 Å². The average Bonchev–Trinajstić information content (AvgIpc) is 2.69. The highest BCUT2D eigenvalue weighted by molar-refractivity contribution is 9.10. The zero-order valence-corrected chi connectivity index (χ0v) is 10.7. The third-order valence-electron chi connectivity index (χ3n) is 2.15. The van der Waals surface area contributed by atoms with Gasteiger partial charge in [-0.2, -0.15) is 4.98 Å².